The van der Waals surface area contributed by atoms with Gasteiger partial charge < -0.3 is 10.2 Å². The minimum atomic E-state index is 0.467. The van der Waals surface area contributed by atoms with Gasteiger partial charge in [0.25, 0.3) is 0 Å². The van der Waals surface area contributed by atoms with Gasteiger partial charge in [-0.1, -0.05) is 31.2 Å². The van der Waals surface area contributed by atoms with Crippen LogP contribution in [0.4, 0.5) is 11.5 Å². The highest BCUT2D eigenvalue weighted by molar-refractivity contribution is 5.69. The summed E-state index contributed by atoms with van der Waals surface area (Å²) >= 11 is 0. The lowest BCUT2D eigenvalue weighted by Gasteiger charge is -2.24. The maximum Gasteiger partial charge on any atom is 0.133 e. The summed E-state index contributed by atoms with van der Waals surface area (Å²) in [7, 11) is 0. The highest BCUT2D eigenvalue weighted by atomic mass is 15.2. The van der Waals surface area contributed by atoms with Gasteiger partial charge in [-0.15, -0.1) is 0 Å². The van der Waals surface area contributed by atoms with Crippen LogP contribution in [-0.4, -0.2) is 17.6 Å². The van der Waals surface area contributed by atoms with Crippen LogP contribution in [0.5, 0.6) is 0 Å². The predicted octanol–water partition coefficient (Wildman–Crippen LogP) is 3.58. The Bertz CT molecular complexity index is 636. The van der Waals surface area contributed by atoms with E-state index in [0.29, 0.717) is 6.04 Å². The van der Waals surface area contributed by atoms with Gasteiger partial charge in [0.2, 0.25) is 0 Å². The van der Waals surface area contributed by atoms with E-state index in [4.69, 9.17) is 4.98 Å². The summed E-state index contributed by atoms with van der Waals surface area (Å²) in [6.45, 7) is 8.37. The highest BCUT2D eigenvalue weighted by Gasteiger charge is 2.27. The van der Waals surface area contributed by atoms with E-state index in [9.17, 15) is 0 Å². The van der Waals surface area contributed by atoms with Crippen molar-refractivity contribution in [2.45, 2.75) is 39.8 Å². The van der Waals surface area contributed by atoms with E-state index in [-0.39, 0.29) is 0 Å². The van der Waals surface area contributed by atoms with Crippen LogP contribution < -0.4 is 10.2 Å². The van der Waals surface area contributed by atoms with Gasteiger partial charge in [0.1, 0.15) is 5.82 Å². The van der Waals surface area contributed by atoms with Gasteiger partial charge in [-0.2, -0.15) is 0 Å². The first kappa shape index (κ1) is 14.1. The number of hydrogen-bond acceptors (Lipinski definition) is 3. The summed E-state index contributed by atoms with van der Waals surface area (Å²) in [4.78, 5) is 7.20. The van der Waals surface area contributed by atoms with E-state index in [0.717, 1.165) is 31.0 Å². The second-order valence-corrected chi connectivity index (χ2v) is 5.75. The Morgan fingerprint density at radius 1 is 1.24 bits per heavy atom. The van der Waals surface area contributed by atoms with Gasteiger partial charge in [0.05, 0.1) is 0 Å². The smallest absolute Gasteiger partial charge is 0.133 e. The average molecular weight is 281 g/mol. The minimum absolute atomic E-state index is 0.467. The predicted molar refractivity (Wildman–Crippen MR) is 88.1 cm³/mol. The number of aromatic nitrogens is 1. The number of nitrogens with one attached hydrogen (secondary N) is 1. The molecule has 1 unspecified atom stereocenters. The zero-order valence-corrected chi connectivity index (χ0v) is 13.1. The summed E-state index contributed by atoms with van der Waals surface area (Å²) in [6, 6.07) is 13.5. The molecule has 0 fully saturated rings. The van der Waals surface area contributed by atoms with Crippen molar-refractivity contribution < 1.29 is 0 Å². The molecule has 0 saturated carbocycles. The van der Waals surface area contributed by atoms with Crippen molar-refractivity contribution in [3.63, 3.8) is 0 Å². The van der Waals surface area contributed by atoms with Crippen molar-refractivity contribution in [2.75, 3.05) is 11.4 Å². The average Bonchev–Trinajstić information content (AvgIpc) is 2.82. The summed E-state index contributed by atoms with van der Waals surface area (Å²) in [5.74, 6) is 1.06. The normalized spacial score (nSPS) is 17.1. The van der Waals surface area contributed by atoms with E-state index in [2.05, 4.69) is 67.4 Å². The summed E-state index contributed by atoms with van der Waals surface area (Å²) in [6.07, 6.45) is 1.09. The molecule has 0 aliphatic carbocycles. The fraction of sp³-hybridized carbons (Fsp3) is 0.389. The maximum atomic E-state index is 4.84. The number of anilines is 2. The van der Waals surface area contributed by atoms with Gasteiger partial charge in [-0.05, 0) is 50.1 Å². The van der Waals surface area contributed by atoms with Gasteiger partial charge in [0.15, 0.2) is 0 Å². The van der Waals surface area contributed by atoms with Gasteiger partial charge >= 0.3 is 0 Å². The third-order valence-electron chi connectivity index (χ3n) is 4.20. The first-order chi connectivity index (χ1) is 10.2. The van der Waals surface area contributed by atoms with Crippen molar-refractivity contribution in [1.29, 1.82) is 0 Å². The van der Waals surface area contributed by atoms with E-state index >= 15 is 0 Å². The molecule has 0 saturated heterocycles. The molecule has 0 amide bonds. The fourth-order valence-electron chi connectivity index (χ4n) is 3.07. The van der Waals surface area contributed by atoms with Crippen LogP contribution in [0.15, 0.2) is 36.4 Å². The van der Waals surface area contributed by atoms with E-state index < -0.39 is 0 Å². The molecule has 1 aliphatic heterocycles. The minimum Gasteiger partial charge on any atom is -0.323 e. The summed E-state index contributed by atoms with van der Waals surface area (Å²) in [5.41, 5.74) is 5.11. The number of fused-ring (bicyclic) bond motifs is 1. The number of hydrogen-bond donors (Lipinski definition) is 1. The monoisotopic (exact) mass is 281 g/mol. The Balaban J connectivity index is 1.92. The number of nitrogens with zero attached hydrogens (tertiary/aromatic N) is 2. The third kappa shape index (κ3) is 2.66. The van der Waals surface area contributed by atoms with Gasteiger partial charge in [0, 0.05) is 24.0 Å². The molecule has 3 rings (SSSR count). The summed E-state index contributed by atoms with van der Waals surface area (Å²) < 4.78 is 0. The first-order valence-corrected chi connectivity index (χ1v) is 7.75. The molecule has 1 N–H and O–H groups in total. The molecule has 3 nitrogen and oxygen atoms in total. The van der Waals surface area contributed by atoms with Crippen LogP contribution in [0.1, 0.15) is 30.7 Å². The number of para-hydroxylation sites is 1. The molecule has 2 heterocycles. The van der Waals surface area contributed by atoms with Gasteiger partial charge in [-0.25, -0.2) is 4.98 Å². The van der Waals surface area contributed by atoms with Crippen molar-refractivity contribution in [3.8, 4) is 0 Å². The van der Waals surface area contributed by atoms with Crippen LogP contribution in [0.3, 0.4) is 0 Å². The Morgan fingerprint density at radius 3 is 2.81 bits per heavy atom. The molecule has 0 spiro atoms. The van der Waals surface area contributed by atoms with Crippen LogP contribution >= 0.6 is 0 Å². The number of benzene rings is 1. The number of rotatable bonds is 4. The van der Waals surface area contributed by atoms with Crippen LogP contribution in [0.2, 0.25) is 0 Å². The standard InChI is InChI=1S/C18H23N3/c1-4-19-12-16-9-10-18(20-14(16)3)21-13(2)11-15-7-5-6-8-17(15)21/h5-10,13,19H,4,11-12H2,1-3H3. The molecule has 110 valence electrons. The molecule has 2 aromatic rings. The Labute approximate surface area is 127 Å². The zero-order chi connectivity index (χ0) is 14.8. The SMILES string of the molecule is CCNCc1ccc(N2c3ccccc3CC2C)nc1C. The van der Waals surface area contributed by atoms with Crippen molar-refractivity contribution in [3.05, 3.63) is 53.2 Å². The van der Waals surface area contributed by atoms with E-state index in [1.54, 1.807) is 0 Å². The molecular formula is C18H23N3. The Hall–Kier alpha value is -1.87. The van der Waals surface area contributed by atoms with Crippen molar-refractivity contribution in [1.82, 2.24) is 10.3 Å². The first-order valence-electron chi connectivity index (χ1n) is 7.75. The highest BCUT2D eigenvalue weighted by Crippen LogP contribution is 2.37. The van der Waals surface area contributed by atoms with Crippen molar-refractivity contribution >= 4 is 11.5 Å². The van der Waals surface area contributed by atoms with E-state index in [1.807, 2.05) is 0 Å². The topological polar surface area (TPSA) is 28.2 Å². The Morgan fingerprint density at radius 2 is 2.05 bits per heavy atom. The van der Waals surface area contributed by atoms with E-state index in [1.165, 1.54) is 16.8 Å². The Kier molecular flexibility index (Phi) is 3.93. The molecule has 1 aromatic carbocycles. The molecule has 21 heavy (non-hydrogen) atoms. The second kappa shape index (κ2) is 5.86. The van der Waals surface area contributed by atoms with Crippen LogP contribution in [0.25, 0.3) is 0 Å². The fourth-order valence-corrected chi connectivity index (χ4v) is 3.07. The quantitative estimate of drug-likeness (QED) is 0.928. The molecule has 3 heteroatoms. The molecular weight excluding hydrogens is 258 g/mol. The van der Waals surface area contributed by atoms with Crippen LogP contribution in [-0.2, 0) is 13.0 Å². The molecule has 1 aliphatic rings. The summed E-state index contributed by atoms with van der Waals surface area (Å²) in [5, 5.41) is 3.37. The maximum absolute atomic E-state index is 4.84. The number of aryl methyl sites for hydroxylation is 1. The molecule has 1 atom stereocenters. The van der Waals surface area contributed by atoms with Crippen molar-refractivity contribution in [2.24, 2.45) is 0 Å². The second-order valence-electron chi connectivity index (χ2n) is 5.75. The molecule has 0 bridgehead atoms. The number of pyridine rings is 1. The van der Waals surface area contributed by atoms with Crippen LogP contribution in [0, 0.1) is 6.92 Å². The zero-order valence-electron chi connectivity index (χ0n) is 13.1. The molecule has 0 radical (unpaired) electrons. The lowest BCUT2D eigenvalue weighted by atomic mass is 10.1. The largest absolute Gasteiger partial charge is 0.323 e. The third-order valence-corrected chi connectivity index (χ3v) is 4.20. The lowest BCUT2D eigenvalue weighted by Crippen LogP contribution is -2.25. The van der Waals surface area contributed by atoms with Gasteiger partial charge in [-0.3, -0.25) is 0 Å². The lowest BCUT2D eigenvalue weighted by molar-refractivity contribution is 0.716. The molecule has 1 aromatic heterocycles.